The first kappa shape index (κ1) is 16.1. The van der Waals surface area contributed by atoms with Crippen LogP contribution in [0.15, 0.2) is 24.5 Å². The molecule has 1 fully saturated rings. The van der Waals surface area contributed by atoms with Crippen molar-refractivity contribution in [2.45, 2.75) is 32.5 Å². The maximum absolute atomic E-state index is 13.7. The van der Waals surface area contributed by atoms with Crippen LogP contribution in [0.25, 0.3) is 10.9 Å². The maximum Gasteiger partial charge on any atom is 0.149 e. The number of hydrogen-bond donors (Lipinski definition) is 1. The molecule has 0 radical (unpaired) electrons. The topological polar surface area (TPSA) is 50.3 Å². The lowest BCUT2D eigenvalue weighted by molar-refractivity contribution is -0.0678. The van der Waals surface area contributed by atoms with E-state index in [9.17, 15) is 4.39 Å². The van der Waals surface area contributed by atoms with Crippen LogP contribution in [0.1, 0.15) is 20.3 Å². The highest BCUT2D eigenvalue weighted by Gasteiger charge is 2.21. The van der Waals surface area contributed by atoms with E-state index in [1.54, 1.807) is 6.07 Å². The van der Waals surface area contributed by atoms with Crippen LogP contribution >= 0.6 is 0 Å². The van der Waals surface area contributed by atoms with Crippen LogP contribution in [0.5, 0.6) is 0 Å². The van der Waals surface area contributed by atoms with Crippen molar-refractivity contribution in [2.75, 3.05) is 31.5 Å². The molecular formula is C17H23FN4O. The predicted molar refractivity (Wildman–Crippen MR) is 89.1 cm³/mol. The van der Waals surface area contributed by atoms with E-state index in [0.29, 0.717) is 23.5 Å². The summed E-state index contributed by atoms with van der Waals surface area (Å²) in [5, 5.41) is 4.02. The van der Waals surface area contributed by atoms with E-state index >= 15 is 0 Å². The minimum Gasteiger partial charge on any atom is -0.373 e. The lowest BCUT2D eigenvalue weighted by Gasteiger charge is -2.35. The first-order valence-corrected chi connectivity index (χ1v) is 8.14. The van der Waals surface area contributed by atoms with Crippen LogP contribution in [0, 0.1) is 5.82 Å². The lowest BCUT2D eigenvalue weighted by atomic mass is 10.2. The summed E-state index contributed by atoms with van der Waals surface area (Å²) in [6, 6.07) is 4.94. The zero-order valence-corrected chi connectivity index (χ0v) is 13.6. The first-order chi connectivity index (χ1) is 11.1. The smallest absolute Gasteiger partial charge is 0.149 e. The molecule has 2 heterocycles. The summed E-state index contributed by atoms with van der Waals surface area (Å²) >= 11 is 0. The highest BCUT2D eigenvalue weighted by Crippen LogP contribution is 2.21. The van der Waals surface area contributed by atoms with Gasteiger partial charge in [0.1, 0.15) is 23.5 Å². The molecule has 5 nitrogen and oxygen atoms in total. The number of nitrogens with zero attached hydrogens (tertiary/aromatic N) is 3. The third-order valence-corrected chi connectivity index (χ3v) is 4.05. The van der Waals surface area contributed by atoms with Gasteiger partial charge < -0.3 is 10.1 Å². The second-order valence-corrected chi connectivity index (χ2v) is 6.16. The Labute approximate surface area is 135 Å². The van der Waals surface area contributed by atoms with Gasteiger partial charge >= 0.3 is 0 Å². The summed E-state index contributed by atoms with van der Waals surface area (Å²) in [6.45, 7) is 7.99. The summed E-state index contributed by atoms with van der Waals surface area (Å²) in [4.78, 5) is 10.7. The van der Waals surface area contributed by atoms with E-state index in [0.717, 1.165) is 38.0 Å². The van der Waals surface area contributed by atoms with Crippen LogP contribution in [0.3, 0.4) is 0 Å². The van der Waals surface area contributed by atoms with Crippen LogP contribution in [-0.2, 0) is 4.74 Å². The predicted octanol–water partition coefficient (Wildman–Crippen LogP) is 2.68. The largest absolute Gasteiger partial charge is 0.373 e. The Hall–Kier alpha value is -1.79. The molecule has 0 amide bonds. The Morgan fingerprint density at radius 2 is 2.04 bits per heavy atom. The number of ether oxygens (including phenoxy) is 1. The zero-order valence-electron chi connectivity index (χ0n) is 13.6. The van der Waals surface area contributed by atoms with Crippen LogP contribution in [0.4, 0.5) is 10.2 Å². The molecule has 0 bridgehead atoms. The van der Waals surface area contributed by atoms with Gasteiger partial charge in [0.2, 0.25) is 0 Å². The van der Waals surface area contributed by atoms with Gasteiger partial charge in [-0.3, -0.25) is 4.90 Å². The standard InChI is InChI=1S/C17H23FN4O/c1-12-9-22(10-13(2)23-12)8-4-7-19-17-14-5-3-6-15(18)16(14)20-11-21-17/h3,5-6,11-13H,4,7-10H2,1-2H3,(H,19,20,21). The van der Waals surface area contributed by atoms with Gasteiger partial charge in [-0.1, -0.05) is 6.07 Å². The number of morpholine rings is 1. The molecule has 23 heavy (non-hydrogen) atoms. The number of halogens is 1. The lowest BCUT2D eigenvalue weighted by Crippen LogP contribution is -2.45. The number of aromatic nitrogens is 2. The van der Waals surface area contributed by atoms with Gasteiger partial charge in [0, 0.05) is 31.6 Å². The normalized spacial score (nSPS) is 22.4. The summed E-state index contributed by atoms with van der Waals surface area (Å²) < 4.78 is 19.5. The molecule has 1 aromatic carbocycles. The molecule has 124 valence electrons. The van der Waals surface area contributed by atoms with E-state index < -0.39 is 0 Å². The Bertz CT molecular complexity index is 656. The van der Waals surface area contributed by atoms with Gasteiger partial charge in [0.15, 0.2) is 0 Å². The summed E-state index contributed by atoms with van der Waals surface area (Å²) in [5.74, 6) is 0.377. The van der Waals surface area contributed by atoms with Crippen LogP contribution < -0.4 is 5.32 Å². The number of benzene rings is 1. The molecule has 1 saturated heterocycles. The second-order valence-electron chi connectivity index (χ2n) is 6.16. The molecule has 0 aliphatic carbocycles. The molecule has 0 saturated carbocycles. The maximum atomic E-state index is 13.7. The van der Waals surface area contributed by atoms with Gasteiger partial charge in [-0.25, -0.2) is 14.4 Å². The van der Waals surface area contributed by atoms with Crippen molar-refractivity contribution in [3.05, 3.63) is 30.3 Å². The highest BCUT2D eigenvalue weighted by atomic mass is 19.1. The minimum atomic E-state index is -0.316. The average Bonchev–Trinajstić information content (AvgIpc) is 2.51. The summed E-state index contributed by atoms with van der Waals surface area (Å²) in [6.07, 6.45) is 2.99. The van der Waals surface area contributed by atoms with Gasteiger partial charge in [-0.2, -0.15) is 0 Å². The van der Waals surface area contributed by atoms with Gasteiger partial charge in [-0.05, 0) is 32.4 Å². The molecule has 6 heteroatoms. The average molecular weight is 318 g/mol. The van der Waals surface area contributed by atoms with E-state index in [1.807, 2.05) is 6.07 Å². The molecule has 1 N–H and O–H groups in total. The Morgan fingerprint density at radius 3 is 2.83 bits per heavy atom. The molecule has 2 aromatic rings. The molecule has 2 unspecified atom stereocenters. The molecule has 2 atom stereocenters. The van der Waals surface area contributed by atoms with Crippen molar-refractivity contribution in [1.29, 1.82) is 0 Å². The van der Waals surface area contributed by atoms with E-state index in [4.69, 9.17) is 4.74 Å². The summed E-state index contributed by atoms with van der Waals surface area (Å²) in [5.41, 5.74) is 0.362. The van der Waals surface area contributed by atoms with Crippen molar-refractivity contribution in [3.8, 4) is 0 Å². The zero-order chi connectivity index (χ0) is 16.2. The fraction of sp³-hybridized carbons (Fsp3) is 0.529. The number of para-hydroxylation sites is 1. The fourth-order valence-electron chi connectivity index (χ4n) is 3.17. The van der Waals surface area contributed by atoms with E-state index in [-0.39, 0.29) is 5.82 Å². The molecule has 1 aliphatic rings. The van der Waals surface area contributed by atoms with Crippen molar-refractivity contribution < 1.29 is 9.13 Å². The van der Waals surface area contributed by atoms with Crippen LogP contribution in [0.2, 0.25) is 0 Å². The van der Waals surface area contributed by atoms with Gasteiger partial charge in [0.05, 0.1) is 12.2 Å². The number of fused-ring (bicyclic) bond motifs is 1. The third-order valence-electron chi connectivity index (χ3n) is 4.05. The quantitative estimate of drug-likeness (QED) is 0.859. The summed E-state index contributed by atoms with van der Waals surface area (Å²) in [7, 11) is 0. The molecule has 1 aliphatic heterocycles. The Morgan fingerprint density at radius 1 is 1.26 bits per heavy atom. The van der Waals surface area contributed by atoms with Crippen LogP contribution in [-0.4, -0.2) is 53.3 Å². The monoisotopic (exact) mass is 318 g/mol. The minimum absolute atomic E-state index is 0.292. The second kappa shape index (κ2) is 7.19. The number of rotatable bonds is 5. The van der Waals surface area contributed by atoms with Crippen molar-refractivity contribution >= 4 is 16.7 Å². The van der Waals surface area contributed by atoms with Crippen molar-refractivity contribution in [1.82, 2.24) is 14.9 Å². The van der Waals surface area contributed by atoms with Crippen molar-refractivity contribution in [3.63, 3.8) is 0 Å². The Balaban J connectivity index is 1.54. The Kier molecular flexibility index (Phi) is 5.03. The molecule has 0 spiro atoms. The number of anilines is 1. The van der Waals surface area contributed by atoms with Gasteiger partial charge in [-0.15, -0.1) is 0 Å². The first-order valence-electron chi connectivity index (χ1n) is 8.14. The number of nitrogens with one attached hydrogen (secondary N) is 1. The highest BCUT2D eigenvalue weighted by molar-refractivity contribution is 5.89. The number of hydrogen-bond acceptors (Lipinski definition) is 5. The molecule has 3 rings (SSSR count). The van der Waals surface area contributed by atoms with E-state index in [2.05, 4.69) is 34.0 Å². The third kappa shape index (κ3) is 3.95. The molecular weight excluding hydrogens is 295 g/mol. The van der Waals surface area contributed by atoms with Gasteiger partial charge in [0.25, 0.3) is 0 Å². The molecule has 1 aromatic heterocycles. The SMILES string of the molecule is CC1CN(CCCNc2ncnc3c(F)cccc23)CC(C)O1. The van der Waals surface area contributed by atoms with E-state index in [1.165, 1.54) is 12.4 Å². The fourth-order valence-corrected chi connectivity index (χ4v) is 3.17. The van der Waals surface area contributed by atoms with Crippen molar-refractivity contribution in [2.24, 2.45) is 0 Å².